The fourth-order valence-corrected chi connectivity index (χ4v) is 4.24. The first-order valence-electron chi connectivity index (χ1n) is 11.0. The molecule has 4 rings (SSSR count). The first-order valence-corrected chi connectivity index (χ1v) is 11.3. The molecule has 1 saturated heterocycles. The van der Waals surface area contributed by atoms with E-state index in [1.807, 2.05) is 30.0 Å². The summed E-state index contributed by atoms with van der Waals surface area (Å²) in [5.74, 6) is 0.801. The van der Waals surface area contributed by atoms with Crippen molar-refractivity contribution in [2.24, 2.45) is 11.7 Å². The predicted octanol–water partition coefficient (Wildman–Crippen LogP) is 3.05. The second kappa shape index (κ2) is 9.40. The van der Waals surface area contributed by atoms with Crippen LogP contribution in [0.1, 0.15) is 59.0 Å². The van der Waals surface area contributed by atoms with Crippen LogP contribution in [0.4, 0.5) is 0 Å². The SMILES string of the molecule is Cc1ccc(C[C@@H](CN)C(=O)N2CCC(NC(=O)c3cc(C4CC4)on3)CC2)cc1Cl. The highest BCUT2D eigenvalue weighted by molar-refractivity contribution is 6.31. The molecular formula is C23H29ClN4O3. The number of hydrogen-bond acceptors (Lipinski definition) is 5. The molecule has 3 N–H and O–H groups in total. The molecule has 2 heterocycles. The molecule has 1 saturated carbocycles. The largest absolute Gasteiger partial charge is 0.360 e. The number of nitrogens with zero attached hydrogens (tertiary/aromatic N) is 2. The number of benzene rings is 1. The minimum Gasteiger partial charge on any atom is -0.360 e. The van der Waals surface area contributed by atoms with Crippen molar-refractivity contribution in [1.29, 1.82) is 0 Å². The molecule has 0 unspecified atom stereocenters. The Morgan fingerprint density at radius 1 is 1.26 bits per heavy atom. The standard InChI is InChI=1S/C23H29ClN4O3/c1-14-2-3-15(11-19(14)24)10-17(13-25)23(30)28-8-6-18(7-9-28)26-22(29)20-12-21(31-27-20)16-4-5-16/h2-3,11-12,16-18H,4-10,13,25H2,1H3,(H,26,29)/t17-/m0/s1. The van der Waals surface area contributed by atoms with E-state index >= 15 is 0 Å². The molecule has 1 aliphatic carbocycles. The Hall–Kier alpha value is -2.38. The lowest BCUT2D eigenvalue weighted by Crippen LogP contribution is -2.49. The Balaban J connectivity index is 1.27. The molecule has 166 valence electrons. The second-order valence-corrected chi connectivity index (χ2v) is 9.09. The van der Waals surface area contributed by atoms with Gasteiger partial charge in [-0.15, -0.1) is 0 Å². The van der Waals surface area contributed by atoms with Crippen LogP contribution in [-0.2, 0) is 11.2 Å². The van der Waals surface area contributed by atoms with Crippen molar-refractivity contribution in [3.05, 3.63) is 51.9 Å². The Kier molecular flexibility index (Phi) is 6.62. The average molecular weight is 445 g/mol. The Morgan fingerprint density at radius 2 is 2.00 bits per heavy atom. The Morgan fingerprint density at radius 3 is 2.65 bits per heavy atom. The number of aromatic nitrogens is 1. The van der Waals surface area contributed by atoms with Crippen molar-refractivity contribution in [1.82, 2.24) is 15.4 Å². The smallest absolute Gasteiger partial charge is 0.273 e. The first kappa shape index (κ1) is 21.8. The Bertz CT molecular complexity index is 948. The number of carbonyl (C=O) groups is 2. The normalized spacial score (nSPS) is 18.1. The van der Waals surface area contributed by atoms with Gasteiger partial charge in [-0.2, -0.15) is 0 Å². The molecular weight excluding hydrogens is 416 g/mol. The maximum absolute atomic E-state index is 13.0. The van der Waals surface area contributed by atoms with Gasteiger partial charge in [-0.1, -0.05) is 28.9 Å². The zero-order valence-electron chi connectivity index (χ0n) is 17.8. The van der Waals surface area contributed by atoms with Crippen LogP contribution in [0.2, 0.25) is 5.02 Å². The molecule has 2 aromatic rings. The van der Waals surface area contributed by atoms with Crippen molar-refractivity contribution in [2.45, 2.75) is 51.0 Å². The third kappa shape index (κ3) is 5.28. The summed E-state index contributed by atoms with van der Waals surface area (Å²) in [5, 5.41) is 7.62. The van der Waals surface area contributed by atoms with E-state index in [1.165, 1.54) is 0 Å². The van der Waals surface area contributed by atoms with Gasteiger partial charge in [0.05, 0.1) is 5.92 Å². The quantitative estimate of drug-likeness (QED) is 0.683. The maximum atomic E-state index is 13.0. The molecule has 1 aromatic heterocycles. The van der Waals surface area contributed by atoms with E-state index in [-0.39, 0.29) is 30.3 Å². The van der Waals surface area contributed by atoms with Crippen molar-refractivity contribution in [3.63, 3.8) is 0 Å². The molecule has 1 aromatic carbocycles. The van der Waals surface area contributed by atoms with Crippen LogP contribution >= 0.6 is 11.6 Å². The van der Waals surface area contributed by atoms with E-state index in [0.717, 1.165) is 29.7 Å². The molecule has 0 bridgehead atoms. The zero-order chi connectivity index (χ0) is 22.0. The molecule has 0 spiro atoms. The van der Waals surface area contributed by atoms with Crippen LogP contribution in [0.3, 0.4) is 0 Å². The molecule has 8 heteroatoms. The fourth-order valence-electron chi connectivity index (χ4n) is 4.04. The van der Waals surface area contributed by atoms with E-state index in [2.05, 4.69) is 10.5 Å². The Labute approximate surface area is 187 Å². The van der Waals surface area contributed by atoms with Gasteiger partial charge < -0.3 is 20.5 Å². The van der Waals surface area contributed by atoms with E-state index in [1.54, 1.807) is 6.07 Å². The third-order valence-electron chi connectivity index (χ3n) is 6.23. The monoisotopic (exact) mass is 444 g/mol. The van der Waals surface area contributed by atoms with Gasteiger partial charge in [0, 0.05) is 42.7 Å². The fraction of sp³-hybridized carbons (Fsp3) is 0.522. The van der Waals surface area contributed by atoms with Crippen molar-refractivity contribution in [3.8, 4) is 0 Å². The van der Waals surface area contributed by atoms with Crippen LogP contribution in [0, 0.1) is 12.8 Å². The molecule has 1 atom stereocenters. The number of amides is 2. The van der Waals surface area contributed by atoms with Gasteiger partial charge in [0.2, 0.25) is 5.91 Å². The number of nitrogens with one attached hydrogen (secondary N) is 1. The van der Waals surface area contributed by atoms with Gasteiger partial charge >= 0.3 is 0 Å². The zero-order valence-corrected chi connectivity index (χ0v) is 18.5. The lowest BCUT2D eigenvalue weighted by molar-refractivity contribution is -0.136. The highest BCUT2D eigenvalue weighted by Crippen LogP contribution is 2.40. The summed E-state index contributed by atoms with van der Waals surface area (Å²) in [7, 11) is 0. The van der Waals surface area contributed by atoms with Gasteiger partial charge in [-0.3, -0.25) is 9.59 Å². The summed E-state index contributed by atoms with van der Waals surface area (Å²) < 4.78 is 5.26. The van der Waals surface area contributed by atoms with Gasteiger partial charge in [0.25, 0.3) is 5.91 Å². The number of aryl methyl sites for hydroxylation is 1. The van der Waals surface area contributed by atoms with E-state index in [0.29, 0.717) is 49.0 Å². The summed E-state index contributed by atoms with van der Waals surface area (Å²) in [6.45, 7) is 3.44. The number of piperidine rings is 1. The molecule has 0 radical (unpaired) electrons. The van der Waals surface area contributed by atoms with Gasteiger partial charge in [0.15, 0.2) is 5.69 Å². The van der Waals surface area contributed by atoms with Crippen LogP contribution in [0.15, 0.2) is 28.8 Å². The van der Waals surface area contributed by atoms with Crippen molar-refractivity contribution in [2.75, 3.05) is 19.6 Å². The number of carbonyl (C=O) groups excluding carboxylic acids is 2. The molecule has 7 nitrogen and oxygen atoms in total. The lowest BCUT2D eigenvalue weighted by Gasteiger charge is -2.34. The predicted molar refractivity (Wildman–Crippen MR) is 118 cm³/mol. The van der Waals surface area contributed by atoms with E-state index < -0.39 is 0 Å². The summed E-state index contributed by atoms with van der Waals surface area (Å²) in [4.78, 5) is 27.3. The van der Waals surface area contributed by atoms with Crippen LogP contribution in [-0.4, -0.2) is 47.5 Å². The minimum atomic E-state index is -0.277. The molecule has 2 amide bonds. The second-order valence-electron chi connectivity index (χ2n) is 8.68. The number of nitrogens with two attached hydrogens (primary N) is 1. The topological polar surface area (TPSA) is 101 Å². The molecule has 2 fully saturated rings. The van der Waals surface area contributed by atoms with Crippen molar-refractivity contribution < 1.29 is 14.1 Å². The van der Waals surface area contributed by atoms with Gasteiger partial charge in [-0.25, -0.2) is 0 Å². The first-order chi connectivity index (χ1) is 14.9. The van der Waals surface area contributed by atoms with E-state index in [9.17, 15) is 9.59 Å². The number of halogens is 1. The van der Waals surface area contributed by atoms with Crippen LogP contribution in [0.25, 0.3) is 0 Å². The highest BCUT2D eigenvalue weighted by atomic mass is 35.5. The summed E-state index contributed by atoms with van der Waals surface area (Å²) in [6.07, 6.45) is 4.19. The highest BCUT2D eigenvalue weighted by Gasteiger charge is 2.31. The van der Waals surface area contributed by atoms with Crippen molar-refractivity contribution >= 4 is 23.4 Å². The lowest BCUT2D eigenvalue weighted by atomic mass is 9.95. The summed E-state index contributed by atoms with van der Waals surface area (Å²) in [6, 6.07) is 7.64. The summed E-state index contributed by atoms with van der Waals surface area (Å²) >= 11 is 6.22. The third-order valence-corrected chi connectivity index (χ3v) is 6.64. The molecule has 31 heavy (non-hydrogen) atoms. The van der Waals surface area contributed by atoms with Crippen LogP contribution < -0.4 is 11.1 Å². The number of likely N-dealkylation sites (tertiary alicyclic amines) is 1. The van der Waals surface area contributed by atoms with E-state index in [4.69, 9.17) is 21.9 Å². The molecule has 1 aliphatic heterocycles. The average Bonchev–Trinajstić information content (AvgIpc) is 3.50. The number of rotatable bonds is 7. The molecule has 2 aliphatic rings. The number of hydrogen-bond donors (Lipinski definition) is 2. The van der Waals surface area contributed by atoms with Crippen LogP contribution in [0.5, 0.6) is 0 Å². The maximum Gasteiger partial charge on any atom is 0.273 e. The van der Waals surface area contributed by atoms with Gasteiger partial charge in [-0.05, 0) is 56.2 Å². The summed E-state index contributed by atoms with van der Waals surface area (Å²) in [5.41, 5.74) is 8.29. The minimum absolute atomic E-state index is 0.0184. The van der Waals surface area contributed by atoms with Gasteiger partial charge in [0.1, 0.15) is 5.76 Å².